The quantitative estimate of drug-likeness (QED) is 0.795. The molecule has 27 heavy (non-hydrogen) atoms. The smallest absolute Gasteiger partial charge is 0.319 e. The van der Waals surface area contributed by atoms with Crippen LogP contribution in [0, 0.1) is 12.7 Å². The van der Waals surface area contributed by atoms with E-state index in [9.17, 15) is 9.50 Å². The average Bonchev–Trinajstić information content (AvgIpc) is 3.17. The summed E-state index contributed by atoms with van der Waals surface area (Å²) in [7, 11) is 0. The summed E-state index contributed by atoms with van der Waals surface area (Å²) in [6, 6.07) is 0.0774. The number of piperidine rings is 1. The molecule has 0 amide bonds. The number of halogens is 2. The zero-order valence-corrected chi connectivity index (χ0v) is 15.9. The lowest BCUT2D eigenvalue weighted by Crippen LogP contribution is -2.39. The van der Waals surface area contributed by atoms with Gasteiger partial charge in [-0.15, -0.1) is 0 Å². The molecule has 146 valence electrons. The summed E-state index contributed by atoms with van der Waals surface area (Å²) >= 11 is 5.93. The summed E-state index contributed by atoms with van der Waals surface area (Å²) in [4.78, 5) is 14.8. The molecule has 9 heteroatoms. The molecule has 4 rings (SSSR count). The number of aromatic nitrogens is 3. The highest BCUT2D eigenvalue weighted by molar-refractivity contribution is 6.30. The van der Waals surface area contributed by atoms with Crippen LogP contribution >= 0.6 is 11.6 Å². The summed E-state index contributed by atoms with van der Waals surface area (Å²) in [6.07, 6.45) is 3.02. The van der Waals surface area contributed by atoms with Gasteiger partial charge in [0.05, 0.1) is 23.3 Å². The predicted octanol–water partition coefficient (Wildman–Crippen LogP) is 2.64. The van der Waals surface area contributed by atoms with Gasteiger partial charge >= 0.3 is 6.01 Å². The van der Waals surface area contributed by atoms with Crippen LogP contribution in [-0.2, 0) is 4.74 Å². The molecule has 0 radical (unpaired) electrons. The molecule has 0 aliphatic carbocycles. The summed E-state index contributed by atoms with van der Waals surface area (Å²) < 4.78 is 26.0. The molecule has 4 heterocycles. The Balaban J connectivity index is 1.76. The van der Waals surface area contributed by atoms with Crippen molar-refractivity contribution in [2.75, 3.05) is 31.2 Å². The van der Waals surface area contributed by atoms with Gasteiger partial charge in [0.25, 0.3) is 0 Å². The third-order valence-electron chi connectivity index (χ3n) is 5.00. The maximum atomic E-state index is 14.7. The van der Waals surface area contributed by atoms with Crippen molar-refractivity contribution in [2.45, 2.75) is 44.8 Å². The summed E-state index contributed by atoms with van der Waals surface area (Å²) in [5.74, 6) is -0.179. The van der Waals surface area contributed by atoms with E-state index in [1.54, 1.807) is 6.92 Å². The van der Waals surface area contributed by atoms with Gasteiger partial charge in [0.1, 0.15) is 17.9 Å². The Morgan fingerprint density at radius 2 is 2.15 bits per heavy atom. The Kier molecular flexibility index (Phi) is 5.29. The Bertz CT molecular complexity index is 847. The van der Waals surface area contributed by atoms with Gasteiger partial charge in [-0.1, -0.05) is 11.6 Å². The van der Waals surface area contributed by atoms with Crippen molar-refractivity contribution < 1.29 is 19.0 Å². The summed E-state index contributed by atoms with van der Waals surface area (Å²) in [6.45, 7) is 3.90. The van der Waals surface area contributed by atoms with Crippen LogP contribution in [0.2, 0.25) is 5.15 Å². The minimum absolute atomic E-state index is 0.00262. The molecule has 0 unspecified atom stereocenters. The second-order valence-electron chi connectivity index (χ2n) is 7.04. The normalized spacial score (nSPS) is 23.2. The Labute approximate surface area is 161 Å². The van der Waals surface area contributed by atoms with Crippen LogP contribution in [-0.4, -0.2) is 58.6 Å². The van der Waals surface area contributed by atoms with Crippen molar-refractivity contribution in [1.82, 2.24) is 15.0 Å². The van der Waals surface area contributed by atoms with E-state index in [-0.39, 0.29) is 22.8 Å². The maximum absolute atomic E-state index is 14.7. The lowest BCUT2D eigenvalue weighted by atomic mass is 10.1. The third-order valence-corrected chi connectivity index (χ3v) is 5.25. The van der Waals surface area contributed by atoms with Crippen molar-refractivity contribution in [3.8, 4) is 6.01 Å². The number of ether oxygens (including phenoxy) is 2. The molecule has 2 saturated heterocycles. The topological polar surface area (TPSA) is 80.6 Å². The first kappa shape index (κ1) is 18.6. The number of pyridine rings is 1. The van der Waals surface area contributed by atoms with Gasteiger partial charge in [-0.2, -0.15) is 9.97 Å². The molecule has 0 spiro atoms. The van der Waals surface area contributed by atoms with E-state index in [2.05, 4.69) is 15.0 Å². The van der Waals surface area contributed by atoms with Crippen LogP contribution in [0.15, 0.2) is 0 Å². The van der Waals surface area contributed by atoms with Gasteiger partial charge in [0.15, 0.2) is 11.0 Å². The number of hydrogen-bond acceptors (Lipinski definition) is 7. The minimum Gasteiger partial charge on any atom is -0.461 e. The number of β-amino-alcohol motifs (C(OH)–C–C–N with tert-alkyl or cyclic N) is 1. The molecule has 2 aliphatic heterocycles. The SMILES string of the molecule is Cc1nc(Cl)c(F)c2nc(OC[C@H]3CCCO3)nc(N3CCC[C@@H](O)C3)c12. The van der Waals surface area contributed by atoms with Gasteiger partial charge in [0.2, 0.25) is 0 Å². The first-order chi connectivity index (χ1) is 13.0. The van der Waals surface area contributed by atoms with Gasteiger partial charge < -0.3 is 19.5 Å². The second-order valence-corrected chi connectivity index (χ2v) is 7.40. The van der Waals surface area contributed by atoms with Gasteiger partial charge in [0, 0.05) is 19.7 Å². The number of fused-ring (bicyclic) bond motifs is 1. The largest absolute Gasteiger partial charge is 0.461 e. The highest BCUT2D eigenvalue weighted by Gasteiger charge is 2.26. The van der Waals surface area contributed by atoms with E-state index >= 15 is 0 Å². The zero-order valence-electron chi connectivity index (χ0n) is 15.1. The highest BCUT2D eigenvalue weighted by Crippen LogP contribution is 2.33. The molecule has 0 aromatic carbocycles. The number of nitrogens with zero attached hydrogens (tertiary/aromatic N) is 4. The maximum Gasteiger partial charge on any atom is 0.319 e. The average molecular weight is 397 g/mol. The molecule has 2 aromatic rings. The Morgan fingerprint density at radius 1 is 1.30 bits per heavy atom. The van der Waals surface area contributed by atoms with Crippen LogP contribution < -0.4 is 9.64 Å². The van der Waals surface area contributed by atoms with Crippen molar-refractivity contribution in [3.05, 3.63) is 16.7 Å². The molecule has 7 nitrogen and oxygen atoms in total. The monoisotopic (exact) mass is 396 g/mol. The zero-order chi connectivity index (χ0) is 19.0. The Morgan fingerprint density at radius 3 is 2.89 bits per heavy atom. The molecular weight excluding hydrogens is 375 g/mol. The van der Waals surface area contributed by atoms with Crippen molar-refractivity contribution in [2.24, 2.45) is 0 Å². The molecule has 2 atom stereocenters. The van der Waals surface area contributed by atoms with Gasteiger partial charge in [-0.3, -0.25) is 0 Å². The fraction of sp³-hybridized carbons (Fsp3) is 0.611. The highest BCUT2D eigenvalue weighted by atomic mass is 35.5. The van der Waals surface area contributed by atoms with Crippen LogP contribution in [0.25, 0.3) is 10.9 Å². The van der Waals surface area contributed by atoms with E-state index in [0.717, 1.165) is 32.3 Å². The molecule has 2 aromatic heterocycles. The fourth-order valence-electron chi connectivity index (χ4n) is 3.65. The lowest BCUT2D eigenvalue weighted by Gasteiger charge is -2.32. The molecular formula is C18H22ClFN4O3. The van der Waals surface area contributed by atoms with Crippen LogP contribution in [0.5, 0.6) is 6.01 Å². The first-order valence-corrected chi connectivity index (χ1v) is 9.61. The van der Waals surface area contributed by atoms with Crippen molar-refractivity contribution >= 4 is 28.3 Å². The first-order valence-electron chi connectivity index (χ1n) is 9.23. The second kappa shape index (κ2) is 7.69. The van der Waals surface area contributed by atoms with Crippen molar-refractivity contribution in [1.29, 1.82) is 0 Å². The van der Waals surface area contributed by atoms with E-state index in [4.69, 9.17) is 21.1 Å². The van der Waals surface area contributed by atoms with Crippen LogP contribution in [0.1, 0.15) is 31.4 Å². The summed E-state index contributed by atoms with van der Waals surface area (Å²) in [5, 5.41) is 10.3. The predicted molar refractivity (Wildman–Crippen MR) is 99.0 cm³/mol. The molecule has 0 bridgehead atoms. The van der Waals surface area contributed by atoms with Crippen molar-refractivity contribution in [3.63, 3.8) is 0 Å². The number of rotatable bonds is 4. The number of aryl methyl sites for hydroxylation is 1. The van der Waals surface area contributed by atoms with Crippen LogP contribution in [0.3, 0.4) is 0 Å². The fourth-order valence-corrected chi connectivity index (χ4v) is 3.87. The number of hydrogen-bond donors (Lipinski definition) is 1. The van der Waals surface area contributed by atoms with Gasteiger partial charge in [-0.05, 0) is 32.6 Å². The van der Waals surface area contributed by atoms with E-state index in [1.165, 1.54) is 0 Å². The summed E-state index contributed by atoms with van der Waals surface area (Å²) in [5.41, 5.74) is 0.622. The van der Waals surface area contributed by atoms with E-state index in [1.807, 2.05) is 4.90 Å². The number of aliphatic hydroxyl groups excluding tert-OH is 1. The van der Waals surface area contributed by atoms with Crippen LogP contribution in [0.4, 0.5) is 10.2 Å². The standard InChI is InChI=1S/C18H22ClFN4O3/c1-10-13-15(14(20)16(19)21-10)22-18(27-9-12-5-3-7-26-12)23-17(13)24-6-2-4-11(25)8-24/h11-12,25H,2-9H2,1H3/t11-,12-/m1/s1. The molecule has 1 N–H and O–H groups in total. The molecule has 2 fully saturated rings. The molecule has 0 saturated carbocycles. The Hall–Kier alpha value is -1.77. The minimum atomic E-state index is -0.694. The van der Waals surface area contributed by atoms with E-state index in [0.29, 0.717) is 36.6 Å². The third kappa shape index (κ3) is 3.79. The molecule has 2 aliphatic rings. The van der Waals surface area contributed by atoms with Gasteiger partial charge in [-0.25, -0.2) is 9.37 Å². The number of aliphatic hydroxyl groups is 1. The lowest BCUT2D eigenvalue weighted by molar-refractivity contribution is 0.0646. The number of anilines is 1. The van der Waals surface area contributed by atoms with E-state index < -0.39 is 11.9 Å².